The molecule has 2 amide bonds. The Bertz CT molecular complexity index is 1010. The van der Waals surface area contributed by atoms with E-state index in [4.69, 9.17) is 23.8 Å². The molecule has 2 aromatic rings. The molecule has 0 spiro atoms. The lowest BCUT2D eigenvalue weighted by Gasteiger charge is -2.14. The Morgan fingerprint density at radius 3 is 2.67 bits per heavy atom. The van der Waals surface area contributed by atoms with Gasteiger partial charge in [0.25, 0.3) is 5.91 Å². The van der Waals surface area contributed by atoms with Gasteiger partial charge in [0.15, 0.2) is 0 Å². The van der Waals surface area contributed by atoms with E-state index in [1.54, 1.807) is 0 Å². The van der Waals surface area contributed by atoms with Crippen LogP contribution in [0.1, 0.15) is 30.9 Å². The highest BCUT2D eigenvalue weighted by Crippen LogP contribution is 2.32. The quantitative estimate of drug-likeness (QED) is 0.426. The van der Waals surface area contributed by atoms with Crippen molar-refractivity contribution < 1.29 is 14.0 Å². The van der Waals surface area contributed by atoms with Crippen LogP contribution in [0.5, 0.6) is 0 Å². The smallest absolute Gasteiger partial charge is 0.266 e. The topological polar surface area (TPSA) is 49.4 Å². The Balaban J connectivity index is 1.53. The summed E-state index contributed by atoms with van der Waals surface area (Å²) in [6.07, 6.45) is 3.45. The number of carbonyl (C=O) groups is 2. The van der Waals surface area contributed by atoms with E-state index in [-0.39, 0.29) is 23.3 Å². The summed E-state index contributed by atoms with van der Waals surface area (Å²) in [5, 5.41) is 2.61. The van der Waals surface area contributed by atoms with Crippen LogP contribution in [0.2, 0.25) is 5.02 Å². The van der Waals surface area contributed by atoms with E-state index in [1.807, 2.05) is 30.3 Å². The largest absolute Gasteiger partial charge is 0.326 e. The van der Waals surface area contributed by atoms with Gasteiger partial charge in [0.1, 0.15) is 10.1 Å². The fourth-order valence-corrected chi connectivity index (χ4v) is 4.38. The van der Waals surface area contributed by atoms with E-state index in [0.29, 0.717) is 27.9 Å². The molecule has 156 valence electrons. The molecule has 8 heteroatoms. The minimum absolute atomic E-state index is 0.0542. The predicted octanol–water partition coefficient (Wildman–Crippen LogP) is 5.66. The molecule has 1 heterocycles. The highest BCUT2D eigenvalue weighted by Gasteiger charge is 2.31. The average molecular weight is 463 g/mol. The molecule has 0 unspecified atom stereocenters. The number of aryl methyl sites for hydroxylation is 1. The molecule has 0 aromatic heterocycles. The van der Waals surface area contributed by atoms with Crippen LogP contribution in [0.15, 0.2) is 47.4 Å². The van der Waals surface area contributed by atoms with Crippen LogP contribution in [-0.2, 0) is 16.0 Å². The summed E-state index contributed by atoms with van der Waals surface area (Å²) in [6, 6.07) is 12.0. The molecule has 0 radical (unpaired) electrons. The van der Waals surface area contributed by atoms with E-state index in [1.165, 1.54) is 40.4 Å². The summed E-state index contributed by atoms with van der Waals surface area (Å²) < 4.78 is 13.7. The van der Waals surface area contributed by atoms with Gasteiger partial charge >= 0.3 is 0 Å². The maximum absolute atomic E-state index is 13.2. The van der Waals surface area contributed by atoms with E-state index < -0.39 is 5.82 Å². The number of benzene rings is 2. The van der Waals surface area contributed by atoms with Crippen LogP contribution in [0.4, 0.5) is 10.1 Å². The molecule has 1 aliphatic heterocycles. The second-order valence-corrected chi connectivity index (χ2v) is 8.79. The molecule has 4 nitrogen and oxygen atoms in total. The Morgan fingerprint density at radius 2 is 2.00 bits per heavy atom. The fourth-order valence-electron chi connectivity index (χ4n) is 2.89. The van der Waals surface area contributed by atoms with Crippen LogP contribution < -0.4 is 5.32 Å². The third kappa shape index (κ3) is 5.68. The van der Waals surface area contributed by atoms with Crippen molar-refractivity contribution in [1.29, 1.82) is 0 Å². The van der Waals surface area contributed by atoms with Crippen LogP contribution in [0.3, 0.4) is 0 Å². The third-order valence-corrected chi connectivity index (χ3v) is 6.22. The van der Waals surface area contributed by atoms with Crippen LogP contribution in [-0.4, -0.2) is 27.6 Å². The minimum Gasteiger partial charge on any atom is -0.326 e. The zero-order valence-electron chi connectivity index (χ0n) is 16.3. The minimum atomic E-state index is -0.543. The second kappa shape index (κ2) is 10.2. The number of halogens is 2. The van der Waals surface area contributed by atoms with E-state index >= 15 is 0 Å². The first-order chi connectivity index (χ1) is 14.4. The number of thiocarbonyl (C=S) groups is 1. The van der Waals surface area contributed by atoms with Gasteiger partial charge in [-0.1, -0.05) is 66.8 Å². The molecule has 1 N–H and O–H groups in total. The number of amides is 2. The van der Waals surface area contributed by atoms with Crippen molar-refractivity contribution in [3.05, 3.63) is 69.3 Å². The Labute approximate surface area is 189 Å². The number of thioether (sulfide) groups is 1. The summed E-state index contributed by atoms with van der Waals surface area (Å²) >= 11 is 12.3. The maximum Gasteiger partial charge on any atom is 0.266 e. The summed E-state index contributed by atoms with van der Waals surface area (Å²) in [5.74, 6) is -0.927. The van der Waals surface area contributed by atoms with Crippen molar-refractivity contribution in [3.8, 4) is 0 Å². The lowest BCUT2D eigenvalue weighted by Crippen LogP contribution is -2.29. The molecule has 30 heavy (non-hydrogen) atoms. The third-order valence-electron chi connectivity index (χ3n) is 4.55. The Hall–Kier alpha value is -2.22. The first-order valence-electron chi connectivity index (χ1n) is 9.46. The molecule has 0 bridgehead atoms. The van der Waals surface area contributed by atoms with Gasteiger partial charge in [0.05, 0.1) is 9.93 Å². The normalized spacial score (nSPS) is 15.2. The van der Waals surface area contributed by atoms with Crippen molar-refractivity contribution in [2.75, 3.05) is 11.9 Å². The van der Waals surface area contributed by atoms with Crippen molar-refractivity contribution in [2.24, 2.45) is 0 Å². The lowest BCUT2D eigenvalue weighted by atomic mass is 10.1. The fraction of sp³-hybridized carbons (Fsp3) is 0.227. The van der Waals surface area contributed by atoms with Crippen LogP contribution in [0.25, 0.3) is 6.08 Å². The number of nitrogens with one attached hydrogen (secondary N) is 1. The standard InChI is InChI=1S/C22H20ClFN2O2S2/c1-2-14-5-7-15(8-6-14)12-19-21(28)26(22(29)30-19)11-3-4-20(27)25-16-9-10-18(24)17(23)13-16/h5-10,12-13H,2-4,11H2,1H3,(H,25,27)/b19-12-. The van der Waals surface area contributed by atoms with Crippen molar-refractivity contribution in [2.45, 2.75) is 26.2 Å². The lowest BCUT2D eigenvalue weighted by molar-refractivity contribution is -0.122. The number of hydrogen-bond acceptors (Lipinski definition) is 4. The molecule has 1 aliphatic rings. The average Bonchev–Trinajstić information content (AvgIpc) is 2.98. The van der Waals surface area contributed by atoms with Gasteiger partial charge in [0.2, 0.25) is 5.91 Å². The molecular weight excluding hydrogens is 443 g/mol. The van der Waals surface area contributed by atoms with E-state index in [2.05, 4.69) is 12.2 Å². The number of nitrogens with zero attached hydrogens (tertiary/aromatic N) is 1. The van der Waals surface area contributed by atoms with Gasteiger partial charge in [-0.05, 0) is 48.2 Å². The van der Waals surface area contributed by atoms with E-state index in [0.717, 1.165) is 12.0 Å². The summed E-state index contributed by atoms with van der Waals surface area (Å²) in [7, 11) is 0. The predicted molar refractivity (Wildman–Crippen MR) is 125 cm³/mol. The van der Waals surface area contributed by atoms with Crippen molar-refractivity contribution in [3.63, 3.8) is 0 Å². The molecule has 0 saturated carbocycles. The highest BCUT2D eigenvalue weighted by atomic mass is 35.5. The zero-order chi connectivity index (χ0) is 21.7. The van der Waals surface area contributed by atoms with Crippen LogP contribution >= 0.6 is 35.6 Å². The molecule has 1 saturated heterocycles. The van der Waals surface area contributed by atoms with Gasteiger partial charge < -0.3 is 5.32 Å². The number of anilines is 1. The van der Waals surface area contributed by atoms with Gasteiger partial charge in [-0.15, -0.1) is 0 Å². The molecule has 0 atom stereocenters. The monoisotopic (exact) mass is 462 g/mol. The Kier molecular flexibility index (Phi) is 7.64. The number of carbonyl (C=O) groups excluding carboxylic acids is 2. The number of hydrogen-bond donors (Lipinski definition) is 1. The highest BCUT2D eigenvalue weighted by molar-refractivity contribution is 8.26. The number of rotatable bonds is 7. The SMILES string of the molecule is CCc1ccc(/C=C2\SC(=S)N(CCCC(=O)Nc3ccc(F)c(Cl)c3)C2=O)cc1. The van der Waals surface area contributed by atoms with Crippen molar-refractivity contribution in [1.82, 2.24) is 4.90 Å². The molecule has 2 aromatic carbocycles. The van der Waals surface area contributed by atoms with Gasteiger partial charge in [-0.25, -0.2) is 4.39 Å². The van der Waals surface area contributed by atoms with Gasteiger partial charge in [0, 0.05) is 18.7 Å². The van der Waals surface area contributed by atoms with Crippen molar-refractivity contribution >= 4 is 63.5 Å². The summed E-state index contributed by atoms with van der Waals surface area (Å²) in [5.41, 5.74) is 2.61. The van der Waals surface area contributed by atoms with Gasteiger partial charge in [-0.3, -0.25) is 14.5 Å². The second-order valence-electron chi connectivity index (χ2n) is 6.71. The Morgan fingerprint density at radius 1 is 1.27 bits per heavy atom. The van der Waals surface area contributed by atoms with E-state index in [9.17, 15) is 14.0 Å². The zero-order valence-corrected chi connectivity index (χ0v) is 18.7. The first kappa shape index (κ1) is 22.5. The maximum atomic E-state index is 13.2. The molecule has 0 aliphatic carbocycles. The molecule has 3 rings (SSSR count). The summed E-state index contributed by atoms with van der Waals surface area (Å²) in [4.78, 5) is 26.9. The summed E-state index contributed by atoms with van der Waals surface area (Å²) in [6.45, 7) is 2.45. The van der Waals surface area contributed by atoms with Crippen LogP contribution in [0, 0.1) is 5.82 Å². The molecular formula is C22H20ClFN2O2S2. The first-order valence-corrected chi connectivity index (χ1v) is 11.1. The van der Waals surface area contributed by atoms with Gasteiger partial charge in [-0.2, -0.15) is 0 Å². The molecule has 1 fully saturated rings.